The Labute approximate surface area is 151 Å². The molecule has 1 aliphatic rings. The fourth-order valence-electron chi connectivity index (χ4n) is 3.17. The molecule has 2 N–H and O–H groups in total. The van der Waals surface area contributed by atoms with E-state index in [0.29, 0.717) is 25.0 Å². The molecule has 1 aromatic rings. The smallest absolute Gasteiger partial charge is 0.424 e. The molecule has 25 heavy (non-hydrogen) atoms. The predicted molar refractivity (Wildman–Crippen MR) is 98.7 cm³/mol. The first-order valence-corrected chi connectivity index (χ1v) is 9.20. The van der Waals surface area contributed by atoms with Gasteiger partial charge in [-0.25, -0.2) is 15.6 Å². The first kappa shape index (κ1) is 19.7. The van der Waals surface area contributed by atoms with Crippen molar-refractivity contribution in [1.29, 1.82) is 0 Å². The number of hydrazine groups is 1. The van der Waals surface area contributed by atoms with Crippen molar-refractivity contribution in [2.75, 3.05) is 13.2 Å². The van der Waals surface area contributed by atoms with Crippen molar-refractivity contribution in [3.63, 3.8) is 0 Å². The van der Waals surface area contributed by atoms with Crippen LogP contribution in [0.25, 0.3) is 0 Å². The van der Waals surface area contributed by atoms with Crippen LogP contribution in [0.2, 0.25) is 0 Å². The van der Waals surface area contributed by atoms with E-state index in [1.165, 1.54) is 10.6 Å². The SMILES string of the molecule is CC(C)(C)OC(=O)N(N)C[C@H]1CC[C@H](COCc2ccccc2)CC1. The fourth-order valence-corrected chi connectivity index (χ4v) is 3.17. The lowest BCUT2D eigenvalue weighted by atomic mass is 9.82. The molecule has 0 spiro atoms. The van der Waals surface area contributed by atoms with Gasteiger partial charge in [0.05, 0.1) is 6.61 Å². The molecule has 0 saturated heterocycles. The van der Waals surface area contributed by atoms with Crippen LogP contribution in [0.5, 0.6) is 0 Å². The van der Waals surface area contributed by atoms with Crippen LogP contribution in [-0.2, 0) is 16.1 Å². The van der Waals surface area contributed by atoms with E-state index in [1.807, 2.05) is 39.0 Å². The molecule has 0 atom stereocenters. The summed E-state index contributed by atoms with van der Waals surface area (Å²) in [6.45, 7) is 7.58. The lowest BCUT2D eigenvalue weighted by Crippen LogP contribution is -2.44. The molecule has 1 aromatic carbocycles. The zero-order valence-corrected chi connectivity index (χ0v) is 15.7. The van der Waals surface area contributed by atoms with E-state index < -0.39 is 11.7 Å². The number of carbonyl (C=O) groups is 1. The Balaban J connectivity index is 1.63. The Hall–Kier alpha value is -1.59. The molecule has 0 heterocycles. The predicted octanol–water partition coefficient (Wildman–Crippen LogP) is 4.12. The minimum atomic E-state index is -0.511. The third-order valence-corrected chi connectivity index (χ3v) is 4.51. The van der Waals surface area contributed by atoms with Crippen molar-refractivity contribution >= 4 is 6.09 Å². The summed E-state index contributed by atoms with van der Waals surface area (Å²) >= 11 is 0. The number of carbonyl (C=O) groups excluding carboxylic acids is 1. The van der Waals surface area contributed by atoms with Gasteiger partial charge in [0.1, 0.15) is 5.60 Å². The summed E-state index contributed by atoms with van der Waals surface area (Å²) in [5.41, 5.74) is 0.704. The molecular weight excluding hydrogens is 316 g/mol. The summed E-state index contributed by atoms with van der Waals surface area (Å²) < 4.78 is 11.2. The van der Waals surface area contributed by atoms with Gasteiger partial charge in [-0.2, -0.15) is 0 Å². The fraction of sp³-hybridized carbons (Fsp3) is 0.650. The zero-order chi connectivity index (χ0) is 18.3. The number of benzene rings is 1. The third-order valence-electron chi connectivity index (χ3n) is 4.51. The van der Waals surface area contributed by atoms with Crippen molar-refractivity contribution in [2.45, 2.75) is 58.7 Å². The Bertz CT molecular complexity index is 519. The van der Waals surface area contributed by atoms with E-state index in [0.717, 1.165) is 32.3 Å². The van der Waals surface area contributed by atoms with Gasteiger partial charge in [0.2, 0.25) is 0 Å². The molecule has 5 heteroatoms. The van der Waals surface area contributed by atoms with Gasteiger partial charge >= 0.3 is 6.09 Å². The standard InChI is InChI=1S/C20H32N2O3/c1-20(2,3)25-19(23)22(21)13-16-9-11-18(12-10-16)15-24-14-17-7-5-4-6-8-17/h4-8,16,18H,9-15,21H2,1-3H3/t16-,18-. The van der Waals surface area contributed by atoms with Gasteiger partial charge in [0.25, 0.3) is 0 Å². The molecule has 5 nitrogen and oxygen atoms in total. The van der Waals surface area contributed by atoms with E-state index in [-0.39, 0.29) is 0 Å². The number of hydrogen-bond acceptors (Lipinski definition) is 4. The van der Waals surface area contributed by atoms with Crippen LogP contribution < -0.4 is 5.84 Å². The minimum absolute atomic E-state index is 0.444. The summed E-state index contributed by atoms with van der Waals surface area (Å²) in [6.07, 6.45) is 3.97. The third kappa shape index (κ3) is 7.45. The van der Waals surface area contributed by atoms with Crippen molar-refractivity contribution in [3.8, 4) is 0 Å². The average molecular weight is 348 g/mol. The second kappa shape index (κ2) is 9.20. The normalized spacial score (nSPS) is 21.0. The van der Waals surface area contributed by atoms with Gasteiger partial charge in [0, 0.05) is 13.2 Å². The quantitative estimate of drug-likeness (QED) is 0.477. The van der Waals surface area contributed by atoms with Gasteiger partial charge in [-0.3, -0.25) is 0 Å². The Morgan fingerprint density at radius 1 is 1.12 bits per heavy atom. The highest BCUT2D eigenvalue weighted by molar-refractivity contribution is 5.67. The molecular formula is C20H32N2O3. The first-order chi connectivity index (χ1) is 11.8. The van der Waals surface area contributed by atoms with Gasteiger partial charge < -0.3 is 9.47 Å². The van der Waals surface area contributed by atoms with Crippen LogP contribution in [0.3, 0.4) is 0 Å². The molecule has 0 bridgehead atoms. The van der Waals surface area contributed by atoms with E-state index in [4.69, 9.17) is 15.3 Å². The molecule has 0 aliphatic heterocycles. The molecule has 1 saturated carbocycles. The molecule has 1 fully saturated rings. The topological polar surface area (TPSA) is 64.8 Å². The number of nitrogens with two attached hydrogens (primary N) is 1. The Kier molecular flexibility index (Phi) is 7.26. The summed E-state index contributed by atoms with van der Waals surface area (Å²) in [5.74, 6) is 6.92. The van der Waals surface area contributed by atoms with Crippen molar-refractivity contribution in [3.05, 3.63) is 35.9 Å². The molecule has 2 rings (SSSR count). The maximum absolute atomic E-state index is 11.9. The van der Waals surface area contributed by atoms with Crippen LogP contribution in [0, 0.1) is 11.8 Å². The zero-order valence-electron chi connectivity index (χ0n) is 15.7. The summed E-state index contributed by atoms with van der Waals surface area (Å²) in [6, 6.07) is 10.3. The highest BCUT2D eigenvalue weighted by atomic mass is 16.6. The monoisotopic (exact) mass is 348 g/mol. The summed E-state index contributed by atoms with van der Waals surface area (Å²) in [4.78, 5) is 11.9. The van der Waals surface area contributed by atoms with Gasteiger partial charge in [-0.15, -0.1) is 0 Å². The van der Waals surface area contributed by atoms with Crippen molar-refractivity contribution in [2.24, 2.45) is 17.7 Å². The van der Waals surface area contributed by atoms with Crippen LogP contribution in [0.4, 0.5) is 4.79 Å². The summed E-state index contributed by atoms with van der Waals surface area (Å²) in [5, 5.41) is 1.22. The van der Waals surface area contributed by atoms with Crippen LogP contribution in [0.15, 0.2) is 30.3 Å². The maximum atomic E-state index is 11.9. The number of amides is 1. The van der Waals surface area contributed by atoms with Gasteiger partial charge in [0.15, 0.2) is 0 Å². The largest absolute Gasteiger partial charge is 0.443 e. The Morgan fingerprint density at radius 3 is 2.32 bits per heavy atom. The van der Waals surface area contributed by atoms with Crippen LogP contribution in [-0.4, -0.2) is 29.9 Å². The van der Waals surface area contributed by atoms with Gasteiger partial charge in [-0.05, 0) is 63.9 Å². The maximum Gasteiger partial charge on any atom is 0.424 e. The van der Waals surface area contributed by atoms with E-state index in [9.17, 15) is 4.79 Å². The highest BCUT2D eigenvalue weighted by Crippen LogP contribution is 2.29. The second-order valence-corrected chi connectivity index (χ2v) is 8.02. The Morgan fingerprint density at radius 2 is 1.72 bits per heavy atom. The minimum Gasteiger partial charge on any atom is -0.443 e. The van der Waals surface area contributed by atoms with E-state index >= 15 is 0 Å². The molecule has 0 unspecified atom stereocenters. The highest BCUT2D eigenvalue weighted by Gasteiger charge is 2.26. The molecule has 0 aromatic heterocycles. The molecule has 1 amide bonds. The van der Waals surface area contributed by atoms with Gasteiger partial charge in [-0.1, -0.05) is 30.3 Å². The van der Waals surface area contributed by atoms with Crippen LogP contribution in [0.1, 0.15) is 52.0 Å². The number of hydrogen-bond donors (Lipinski definition) is 1. The average Bonchev–Trinajstić information content (AvgIpc) is 2.56. The van der Waals surface area contributed by atoms with Crippen molar-refractivity contribution < 1.29 is 14.3 Å². The molecule has 0 radical (unpaired) electrons. The lowest BCUT2D eigenvalue weighted by molar-refractivity contribution is 0.0180. The lowest BCUT2D eigenvalue weighted by Gasteiger charge is -2.31. The molecule has 1 aliphatic carbocycles. The number of ether oxygens (including phenoxy) is 2. The van der Waals surface area contributed by atoms with Crippen LogP contribution >= 0.6 is 0 Å². The number of nitrogens with zero attached hydrogens (tertiary/aromatic N) is 1. The number of rotatable bonds is 6. The van der Waals surface area contributed by atoms with E-state index in [2.05, 4.69) is 12.1 Å². The van der Waals surface area contributed by atoms with Crippen molar-refractivity contribution in [1.82, 2.24) is 5.01 Å². The first-order valence-electron chi connectivity index (χ1n) is 9.20. The van der Waals surface area contributed by atoms with E-state index in [1.54, 1.807) is 0 Å². The molecule has 140 valence electrons. The second-order valence-electron chi connectivity index (χ2n) is 8.02. The summed E-state index contributed by atoms with van der Waals surface area (Å²) in [7, 11) is 0.